The van der Waals surface area contributed by atoms with Gasteiger partial charge in [-0.1, -0.05) is 61.4 Å². The standard InChI is InChI=1S/C20H22N2O/c1-3-6-20-22-18(16-7-4-5-8-19(16)23-20)13-17(21-22)15-11-9-14(2)10-12-15/h4-5,7-12,18,20H,3,6,13H2,1-2H3. The molecule has 3 nitrogen and oxygen atoms in total. The summed E-state index contributed by atoms with van der Waals surface area (Å²) in [6.45, 7) is 4.31. The van der Waals surface area contributed by atoms with Gasteiger partial charge in [0.15, 0.2) is 6.23 Å². The van der Waals surface area contributed by atoms with Crippen LogP contribution in [0.4, 0.5) is 0 Å². The van der Waals surface area contributed by atoms with Crippen molar-refractivity contribution in [3.05, 3.63) is 65.2 Å². The molecule has 23 heavy (non-hydrogen) atoms. The van der Waals surface area contributed by atoms with Crippen LogP contribution in [0.25, 0.3) is 0 Å². The summed E-state index contributed by atoms with van der Waals surface area (Å²) >= 11 is 0. The first-order chi connectivity index (χ1) is 11.3. The maximum atomic E-state index is 6.21. The Balaban J connectivity index is 1.71. The molecule has 0 fully saturated rings. The second kappa shape index (κ2) is 5.73. The maximum absolute atomic E-state index is 6.21. The van der Waals surface area contributed by atoms with Crippen LogP contribution in [0, 0.1) is 6.92 Å². The highest BCUT2D eigenvalue weighted by Gasteiger charge is 2.39. The van der Waals surface area contributed by atoms with Gasteiger partial charge in [0.25, 0.3) is 0 Å². The molecule has 0 aliphatic carbocycles. The van der Waals surface area contributed by atoms with Crippen molar-refractivity contribution in [3.8, 4) is 5.75 Å². The topological polar surface area (TPSA) is 24.8 Å². The highest BCUT2D eigenvalue weighted by molar-refractivity contribution is 6.01. The second-order valence-electron chi connectivity index (χ2n) is 6.41. The molecule has 0 saturated carbocycles. The van der Waals surface area contributed by atoms with Gasteiger partial charge in [-0.05, 0) is 18.6 Å². The van der Waals surface area contributed by atoms with E-state index in [0.717, 1.165) is 30.7 Å². The average molecular weight is 306 g/mol. The Morgan fingerprint density at radius 3 is 2.70 bits per heavy atom. The van der Waals surface area contributed by atoms with E-state index in [9.17, 15) is 0 Å². The van der Waals surface area contributed by atoms with Gasteiger partial charge in [-0.25, -0.2) is 0 Å². The van der Waals surface area contributed by atoms with Crippen molar-refractivity contribution in [2.75, 3.05) is 0 Å². The minimum atomic E-state index is 0.0443. The summed E-state index contributed by atoms with van der Waals surface area (Å²) < 4.78 is 6.21. The molecule has 0 N–H and O–H groups in total. The predicted molar refractivity (Wildman–Crippen MR) is 92.7 cm³/mol. The SMILES string of the molecule is CCCC1Oc2ccccc2C2CC(c3ccc(C)cc3)=NN12. The molecular formula is C20H22N2O. The second-order valence-corrected chi connectivity index (χ2v) is 6.41. The van der Waals surface area contributed by atoms with Crippen molar-refractivity contribution in [3.63, 3.8) is 0 Å². The largest absolute Gasteiger partial charge is 0.469 e. The maximum Gasteiger partial charge on any atom is 0.187 e. The molecule has 2 aromatic carbocycles. The number of aryl methyl sites for hydroxylation is 1. The quantitative estimate of drug-likeness (QED) is 0.823. The van der Waals surface area contributed by atoms with E-state index < -0.39 is 0 Å². The van der Waals surface area contributed by atoms with E-state index in [0.29, 0.717) is 6.04 Å². The molecule has 0 saturated heterocycles. The van der Waals surface area contributed by atoms with Crippen LogP contribution in [-0.2, 0) is 0 Å². The van der Waals surface area contributed by atoms with Gasteiger partial charge in [-0.3, -0.25) is 5.01 Å². The van der Waals surface area contributed by atoms with E-state index in [1.54, 1.807) is 0 Å². The molecule has 0 bridgehead atoms. The van der Waals surface area contributed by atoms with E-state index in [4.69, 9.17) is 9.84 Å². The van der Waals surface area contributed by atoms with E-state index >= 15 is 0 Å². The van der Waals surface area contributed by atoms with Gasteiger partial charge in [0.05, 0.1) is 11.8 Å². The van der Waals surface area contributed by atoms with Crippen LogP contribution in [0.2, 0.25) is 0 Å². The molecule has 4 rings (SSSR count). The number of para-hydroxylation sites is 1. The first kappa shape index (κ1) is 14.3. The molecule has 0 spiro atoms. The van der Waals surface area contributed by atoms with Crippen molar-refractivity contribution in [1.82, 2.24) is 5.01 Å². The summed E-state index contributed by atoms with van der Waals surface area (Å²) in [5, 5.41) is 7.12. The molecule has 2 aliphatic rings. The van der Waals surface area contributed by atoms with Gasteiger partial charge < -0.3 is 4.74 Å². The van der Waals surface area contributed by atoms with E-state index in [1.807, 2.05) is 6.07 Å². The monoisotopic (exact) mass is 306 g/mol. The number of benzene rings is 2. The molecule has 0 aromatic heterocycles. The van der Waals surface area contributed by atoms with E-state index in [-0.39, 0.29) is 6.23 Å². The molecule has 2 unspecified atom stereocenters. The third kappa shape index (κ3) is 2.50. The Kier molecular flexibility index (Phi) is 3.56. The third-order valence-corrected chi connectivity index (χ3v) is 4.70. The number of nitrogens with zero attached hydrogens (tertiary/aromatic N) is 2. The summed E-state index contributed by atoms with van der Waals surface area (Å²) in [4.78, 5) is 0. The number of ether oxygens (including phenoxy) is 1. The Labute approximate surface area is 137 Å². The summed E-state index contributed by atoms with van der Waals surface area (Å²) in [6.07, 6.45) is 3.08. The van der Waals surface area contributed by atoms with Crippen molar-refractivity contribution in [2.45, 2.75) is 45.4 Å². The number of rotatable bonds is 3. The van der Waals surface area contributed by atoms with Crippen LogP contribution < -0.4 is 4.74 Å². The molecule has 2 heterocycles. The Hall–Kier alpha value is -2.29. The average Bonchev–Trinajstić information content (AvgIpc) is 3.02. The lowest BCUT2D eigenvalue weighted by Crippen LogP contribution is -2.40. The van der Waals surface area contributed by atoms with Crippen molar-refractivity contribution in [2.24, 2.45) is 5.10 Å². The molecule has 2 aliphatic heterocycles. The van der Waals surface area contributed by atoms with Gasteiger partial charge in [-0.15, -0.1) is 0 Å². The highest BCUT2D eigenvalue weighted by Crippen LogP contribution is 2.43. The number of hydrazone groups is 1. The first-order valence-corrected chi connectivity index (χ1v) is 8.44. The molecule has 118 valence electrons. The van der Waals surface area contributed by atoms with Crippen LogP contribution in [0.15, 0.2) is 53.6 Å². The predicted octanol–water partition coefficient (Wildman–Crippen LogP) is 4.66. The lowest BCUT2D eigenvalue weighted by atomic mass is 9.96. The van der Waals surface area contributed by atoms with Crippen molar-refractivity contribution in [1.29, 1.82) is 0 Å². The van der Waals surface area contributed by atoms with Crippen LogP contribution in [0.1, 0.15) is 48.9 Å². The van der Waals surface area contributed by atoms with Gasteiger partial charge in [0.2, 0.25) is 0 Å². The Bertz CT molecular complexity index is 736. The third-order valence-electron chi connectivity index (χ3n) is 4.70. The fraction of sp³-hybridized carbons (Fsp3) is 0.350. The Morgan fingerprint density at radius 2 is 1.91 bits per heavy atom. The molecular weight excluding hydrogens is 284 g/mol. The van der Waals surface area contributed by atoms with Crippen LogP contribution in [0.5, 0.6) is 5.75 Å². The van der Waals surface area contributed by atoms with E-state index in [1.165, 1.54) is 16.7 Å². The first-order valence-electron chi connectivity index (χ1n) is 8.44. The summed E-state index contributed by atoms with van der Waals surface area (Å²) in [5.41, 5.74) is 4.92. The van der Waals surface area contributed by atoms with Gasteiger partial charge in [0, 0.05) is 18.4 Å². The van der Waals surface area contributed by atoms with Crippen LogP contribution >= 0.6 is 0 Å². The van der Waals surface area contributed by atoms with Crippen molar-refractivity contribution >= 4 is 5.71 Å². The zero-order chi connectivity index (χ0) is 15.8. The number of fused-ring (bicyclic) bond motifs is 3. The molecule has 2 aromatic rings. The summed E-state index contributed by atoms with van der Waals surface area (Å²) in [5.74, 6) is 1.02. The normalized spacial score (nSPS) is 22.2. The number of hydrogen-bond donors (Lipinski definition) is 0. The van der Waals surface area contributed by atoms with Crippen LogP contribution in [-0.4, -0.2) is 16.9 Å². The Morgan fingerprint density at radius 1 is 1.13 bits per heavy atom. The molecule has 0 amide bonds. The summed E-state index contributed by atoms with van der Waals surface area (Å²) in [7, 11) is 0. The van der Waals surface area contributed by atoms with Crippen LogP contribution in [0.3, 0.4) is 0 Å². The zero-order valence-electron chi connectivity index (χ0n) is 13.7. The molecule has 2 atom stereocenters. The van der Waals surface area contributed by atoms with Crippen molar-refractivity contribution < 1.29 is 4.74 Å². The van der Waals surface area contributed by atoms with Gasteiger partial charge >= 0.3 is 0 Å². The lowest BCUT2D eigenvalue weighted by Gasteiger charge is -2.38. The highest BCUT2D eigenvalue weighted by atomic mass is 16.5. The van der Waals surface area contributed by atoms with E-state index in [2.05, 4.69) is 61.3 Å². The summed E-state index contributed by atoms with van der Waals surface area (Å²) in [6, 6.07) is 17.3. The smallest absolute Gasteiger partial charge is 0.187 e. The van der Waals surface area contributed by atoms with Gasteiger partial charge in [0.1, 0.15) is 5.75 Å². The lowest BCUT2D eigenvalue weighted by molar-refractivity contribution is -0.0223. The van der Waals surface area contributed by atoms with Gasteiger partial charge in [-0.2, -0.15) is 5.10 Å². The number of hydrogen-bond acceptors (Lipinski definition) is 3. The molecule has 3 heteroatoms. The minimum absolute atomic E-state index is 0.0443. The molecule has 0 radical (unpaired) electrons. The minimum Gasteiger partial charge on any atom is -0.469 e. The fourth-order valence-electron chi connectivity index (χ4n) is 3.47. The zero-order valence-corrected chi connectivity index (χ0v) is 13.7. The fourth-order valence-corrected chi connectivity index (χ4v) is 3.47.